The Labute approximate surface area is 94.1 Å². The van der Waals surface area contributed by atoms with Crippen LogP contribution in [-0.4, -0.2) is 43.2 Å². The molecule has 1 saturated heterocycles. The first-order valence-electron chi connectivity index (χ1n) is 5.37. The smallest absolute Gasteiger partial charge is 0.290 e. The Morgan fingerprint density at radius 3 is 3.06 bits per heavy atom. The predicted molar refractivity (Wildman–Crippen MR) is 58.1 cm³/mol. The highest BCUT2D eigenvalue weighted by Crippen LogP contribution is 2.14. The fourth-order valence-electron chi connectivity index (χ4n) is 1.81. The maximum absolute atomic E-state index is 12.1. The van der Waals surface area contributed by atoms with Gasteiger partial charge in [0.15, 0.2) is 5.76 Å². The number of hydrogen-bond donors (Lipinski definition) is 1. The van der Waals surface area contributed by atoms with E-state index in [-0.39, 0.29) is 11.9 Å². The molecule has 1 aliphatic heterocycles. The molecule has 2 N–H and O–H groups in total. The van der Waals surface area contributed by atoms with E-state index in [0.717, 1.165) is 5.76 Å². The number of carbonyl (C=O) groups is 1. The minimum Gasteiger partial charge on any atom is -0.456 e. The number of carbonyl (C=O) groups excluding carboxylic acids is 1. The number of hydrogen-bond acceptors (Lipinski definition) is 4. The number of nitrogens with zero attached hydrogens (tertiary/aromatic N) is 1. The summed E-state index contributed by atoms with van der Waals surface area (Å²) < 4.78 is 10.6. The van der Waals surface area contributed by atoms with Crippen molar-refractivity contribution in [2.45, 2.75) is 13.0 Å². The van der Waals surface area contributed by atoms with E-state index < -0.39 is 0 Å². The van der Waals surface area contributed by atoms with Gasteiger partial charge in [-0.15, -0.1) is 0 Å². The molecule has 5 heteroatoms. The molecule has 0 aliphatic carbocycles. The average Bonchev–Trinajstić information content (AvgIpc) is 2.75. The van der Waals surface area contributed by atoms with E-state index in [1.165, 1.54) is 0 Å². The quantitative estimate of drug-likeness (QED) is 0.789. The topological polar surface area (TPSA) is 68.7 Å². The molecular formula is C11H16N2O3. The lowest BCUT2D eigenvalue weighted by Crippen LogP contribution is -2.51. The Balaban J connectivity index is 2.13. The second-order valence-corrected chi connectivity index (χ2v) is 3.87. The van der Waals surface area contributed by atoms with Crippen molar-refractivity contribution >= 4 is 5.91 Å². The van der Waals surface area contributed by atoms with Crippen LogP contribution < -0.4 is 5.73 Å². The average molecular weight is 224 g/mol. The second kappa shape index (κ2) is 4.67. The van der Waals surface area contributed by atoms with Crippen molar-refractivity contribution in [1.29, 1.82) is 0 Å². The third-order valence-electron chi connectivity index (χ3n) is 2.71. The van der Waals surface area contributed by atoms with Gasteiger partial charge in [-0.3, -0.25) is 4.79 Å². The van der Waals surface area contributed by atoms with E-state index in [9.17, 15) is 4.79 Å². The van der Waals surface area contributed by atoms with Gasteiger partial charge in [-0.25, -0.2) is 0 Å². The number of furan rings is 1. The van der Waals surface area contributed by atoms with Crippen LogP contribution in [0.5, 0.6) is 0 Å². The van der Waals surface area contributed by atoms with E-state index in [1.54, 1.807) is 17.0 Å². The molecule has 1 fully saturated rings. The first-order valence-corrected chi connectivity index (χ1v) is 5.37. The molecule has 5 nitrogen and oxygen atoms in total. The van der Waals surface area contributed by atoms with E-state index in [4.69, 9.17) is 14.9 Å². The number of nitrogens with two attached hydrogens (primary N) is 1. The molecular weight excluding hydrogens is 208 g/mol. The van der Waals surface area contributed by atoms with Crippen LogP contribution in [0.4, 0.5) is 0 Å². The van der Waals surface area contributed by atoms with Crippen LogP contribution in [0.3, 0.4) is 0 Å². The Morgan fingerprint density at radius 2 is 2.44 bits per heavy atom. The maximum atomic E-state index is 12.1. The van der Waals surface area contributed by atoms with E-state index in [2.05, 4.69) is 0 Å². The van der Waals surface area contributed by atoms with Crippen LogP contribution in [-0.2, 0) is 4.74 Å². The van der Waals surface area contributed by atoms with Gasteiger partial charge in [0.2, 0.25) is 0 Å². The van der Waals surface area contributed by atoms with Gasteiger partial charge in [-0.1, -0.05) is 0 Å². The van der Waals surface area contributed by atoms with Crippen LogP contribution in [0, 0.1) is 6.92 Å². The Hall–Kier alpha value is -1.33. The third kappa shape index (κ3) is 2.10. The molecule has 1 aromatic heterocycles. The van der Waals surface area contributed by atoms with Gasteiger partial charge in [0.1, 0.15) is 5.76 Å². The summed E-state index contributed by atoms with van der Waals surface area (Å²) >= 11 is 0. The summed E-state index contributed by atoms with van der Waals surface area (Å²) in [6, 6.07) is 3.43. The monoisotopic (exact) mass is 224 g/mol. The summed E-state index contributed by atoms with van der Waals surface area (Å²) in [5, 5.41) is 0. The van der Waals surface area contributed by atoms with Gasteiger partial charge in [0.25, 0.3) is 5.91 Å². The van der Waals surface area contributed by atoms with E-state index >= 15 is 0 Å². The lowest BCUT2D eigenvalue weighted by atomic mass is 10.2. The molecule has 1 aromatic rings. The van der Waals surface area contributed by atoms with Gasteiger partial charge in [0, 0.05) is 13.1 Å². The van der Waals surface area contributed by atoms with E-state index in [0.29, 0.717) is 32.1 Å². The zero-order valence-electron chi connectivity index (χ0n) is 9.31. The first kappa shape index (κ1) is 11.2. The number of amides is 1. The van der Waals surface area contributed by atoms with Gasteiger partial charge in [0.05, 0.1) is 19.3 Å². The number of ether oxygens (including phenoxy) is 1. The minimum atomic E-state index is -0.105. The normalized spacial score (nSPS) is 21.1. The first-order chi connectivity index (χ1) is 7.72. The van der Waals surface area contributed by atoms with Crippen molar-refractivity contribution in [3.05, 3.63) is 23.7 Å². The van der Waals surface area contributed by atoms with Crippen molar-refractivity contribution in [2.24, 2.45) is 5.73 Å². The molecule has 1 unspecified atom stereocenters. The molecule has 2 heterocycles. The highest BCUT2D eigenvalue weighted by atomic mass is 16.5. The van der Waals surface area contributed by atoms with Crippen molar-refractivity contribution in [3.8, 4) is 0 Å². The van der Waals surface area contributed by atoms with Crippen LogP contribution in [0.2, 0.25) is 0 Å². The number of morpholine rings is 1. The summed E-state index contributed by atoms with van der Waals surface area (Å²) in [6.45, 7) is 3.85. The van der Waals surface area contributed by atoms with Gasteiger partial charge >= 0.3 is 0 Å². The van der Waals surface area contributed by atoms with Crippen molar-refractivity contribution in [3.63, 3.8) is 0 Å². The summed E-state index contributed by atoms with van der Waals surface area (Å²) in [4.78, 5) is 13.8. The summed E-state index contributed by atoms with van der Waals surface area (Å²) in [6.07, 6.45) is 0. The number of aryl methyl sites for hydroxylation is 1. The molecule has 0 spiro atoms. The Bertz CT molecular complexity index is 375. The summed E-state index contributed by atoms with van der Waals surface area (Å²) in [7, 11) is 0. The van der Waals surface area contributed by atoms with Crippen LogP contribution in [0.15, 0.2) is 16.5 Å². The van der Waals surface area contributed by atoms with Gasteiger partial charge < -0.3 is 19.8 Å². The van der Waals surface area contributed by atoms with Gasteiger partial charge in [-0.05, 0) is 19.1 Å². The maximum Gasteiger partial charge on any atom is 0.290 e. The van der Waals surface area contributed by atoms with E-state index in [1.807, 2.05) is 6.92 Å². The molecule has 1 amide bonds. The lowest BCUT2D eigenvalue weighted by molar-refractivity contribution is -0.000799. The number of rotatable bonds is 2. The van der Waals surface area contributed by atoms with Crippen LogP contribution in [0.25, 0.3) is 0 Å². The summed E-state index contributed by atoms with van der Waals surface area (Å²) in [5.41, 5.74) is 5.61. The molecule has 0 radical (unpaired) electrons. The molecule has 0 aromatic carbocycles. The van der Waals surface area contributed by atoms with Crippen molar-refractivity contribution in [2.75, 3.05) is 26.3 Å². The highest BCUT2D eigenvalue weighted by molar-refractivity contribution is 5.91. The molecule has 88 valence electrons. The molecule has 1 aliphatic rings. The largest absolute Gasteiger partial charge is 0.456 e. The Morgan fingerprint density at radius 1 is 1.62 bits per heavy atom. The Kier molecular flexibility index (Phi) is 3.26. The third-order valence-corrected chi connectivity index (χ3v) is 2.71. The predicted octanol–water partition coefficient (Wildman–Crippen LogP) is 0.388. The van der Waals surface area contributed by atoms with Crippen LogP contribution >= 0.6 is 0 Å². The second-order valence-electron chi connectivity index (χ2n) is 3.87. The van der Waals surface area contributed by atoms with Crippen molar-refractivity contribution in [1.82, 2.24) is 4.90 Å². The zero-order chi connectivity index (χ0) is 11.5. The molecule has 2 rings (SSSR count). The minimum absolute atomic E-state index is 0.0494. The SMILES string of the molecule is Cc1ccc(C(=O)N2CCOCC2CN)o1. The zero-order valence-corrected chi connectivity index (χ0v) is 9.31. The lowest BCUT2D eigenvalue weighted by Gasteiger charge is -2.34. The van der Waals surface area contributed by atoms with Gasteiger partial charge in [-0.2, -0.15) is 0 Å². The molecule has 1 atom stereocenters. The van der Waals surface area contributed by atoms with Crippen LogP contribution in [0.1, 0.15) is 16.3 Å². The van der Waals surface area contributed by atoms with Crippen molar-refractivity contribution < 1.29 is 13.9 Å². The molecule has 0 saturated carbocycles. The standard InChI is InChI=1S/C11H16N2O3/c1-8-2-3-10(16-8)11(14)13-4-5-15-7-9(13)6-12/h2-3,9H,4-7,12H2,1H3. The fraction of sp³-hybridized carbons (Fsp3) is 0.545. The summed E-state index contributed by atoms with van der Waals surface area (Å²) in [5.74, 6) is 1.01. The molecule has 16 heavy (non-hydrogen) atoms. The fourth-order valence-corrected chi connectivity index (χ4v) is 1.81. The highest BCUT2D eigenvalue weighted by Gasteiger charge is 2.28. The molecule has 0 bridgehead atoms.